The molecule has 0 bridgehead atoms. The molecule has 1 amide bonds. The molecule has 140 valence electrons. The number of benzene rings is 1. The summed E-state index contributed by atoms with van der Waals surface area (Å²) in [7, 11) is 1.28. The summed E-state index contributed by atoms with van der Waals surface area (Å²) in [6, 6.07) is 8.90. The molecule has 1 heterocycles. The number of nitrogens with one attached hydrogen (secondary N) is 1. The van der Waals surface area contributed by atoms with Crippen LogP contribution in [0.4, 0.5) is 4.79 Å². The van der Waals surface area contributed by atoms with Gasteiger partial charge in [0, 0.05) is 0 Å². The maximum atomic E-state index is 12.1. The molecule has 0 fully saturated rings. The Kier molecular flexibility index (Phi) is 7.53. The van der Waals surface area contributed by atoms with Crippen molar-refractivity contribution in [2.75, 3.05) is 19.1 Å². The van der Waals surface area contributed by atoms with Gasteiger partial charge in [0.2, 0.25) is 5.89 Å². The number of esters is 1. The van der Waals surface area contributed by atoms with E-state index in [9.17, 15) is 9.59 Å². The standard InChI is InChI=1S/C18H22N2O5S/c1-12-15(17(21)23-2)20-16(25-12)14(9-10-26-3)19-18(22)24-11-13-7-5-4-6-8-13/h4-8,14H,9-11H2,1-3H3,(H,19,22)/t14-/m0/s1. The molecule has 1 atom stereocenters. The SMILES string of the molecule is COC(=O)c1nc([C@H](CCSC)NC(=O)OCc2ccccc2)oc1C. The van der Waals surface area contributed by atoms with E-state index in [0.717, 1.165) is 11.3 Å². The van der Waals surface area contributed by atoms with E-state index in [2.05, 4.69) is 15.0 Å². The van der Waals surface area contributed by atoms with Crippen molar-refractivity contribution in [2.45, 2.75) is 26.0 Å². The zero-order valence-electron chi connectivity index (χ0n) is 15.0. The summed E-state index contributed by atoms with van der Waals surface area (Å²) in [4.78, 5) is 28.0. The highest BCUT2D eigenvalue weighted by molar-refractivity contribution is 7.98. The molecule has 0 aliphatic carbocycles. The molecule has 26 heavy (non-hydrogen) atoms. The molecule has 0 aliphatic rings. The fourth-order valence-electron chi connectivity index (χ4n) is 2.25. The van der Waals surface area contributed by atoms with Crippen LogP contribution in [0.25, 0.3) is 0 Å². The van der Waals surface area contributed by atoms with Gasteiger partial charge in [0.15, 0.2) is 5.69 Å². The van der Waals surface area contributed by atoms with E-state index in [0.29, 0.717) is 12.2 Å². The molecular weight excluding hydrogens is 356 g/mol. The molecule has 1 N–H and O–H groups in total. The second kappa shape index (κ2) is 9.86. The zero-order chi connectivity index (χ0) is 18.9. The minimum Gasteiger partial charge on any atom is -0.464 e. The van der Waals surface area contributed by atoms with Gasteiger partial charge in [-0.05, 0) is 30.9 Å². The molecule has 0 spiro atoms. The lowest BCUT2D eigenvalue weighted by atomic mass is 10.2. The lowest BCUT2D eigenvalue weighted by Crippen LogP contribution is -2.30. The van der Waals surface area contributed by atoms with E-state index in [-0.39, 0.29) is 18.2 Å². The number of nitrogens with zero attached hydrogens (tertiary/aromatic N) is 1. The first kappa shape index (κ1) is 19.8. The van der Waals surface area contributed by atoms with Crippen LogP contribution in [-0.2, 0) is 16.1 Å². The summed E-state index contributed by atoms with van der Waals surface area (Å²) in [6.45, 7) is 1.79. The molecule has 1 aromatic heterocycles. The van der Waals surface area contributed by atoms with Gasteiger partial charge in [-0.2, -0.15) is 11.8 Å². The number of methoxy groups -OCH3 is 1. The fourth-order valence-corrected chi connectivity index (χ4v) is 2.72. The van der Waals surface area contributed by atoms with Crippen LogP contribution in [0.2, 0.25) is 0 Å². The number of hydrogen-bond donors (Lipinski definition) is 1. The van der Waals surface area contributed by atoms with Crippen molar-refractivity contribution in [3.63, 3.8) is 0 Å². The summed E-state index contributed by atoms with van der Waals surface area (Å²) in [5.74, 6) is 0.806. The number of aryl methyl sites for hydroxylation is 1. The smallest absolute Gasteiger partial charge is 0.408 e. The number of aromatic nitrogens is 1. The molecule has 8 heteroatoms. The van der Waals surface area contributed by atoms with Crippen LogP contribution in [0, 0.1) is 6.92 Å². The third-order valence-corrected chi connectivity index (χ3v) is 4.25. The topological polar surface area (TPSA) is 90.7 Å². The molecular formula is C18H22N2O5S. The summed E-state index contributed by atoms with van der Waals surface area (Å²) in [5, 5.41) is 2.75. The Labute approximate surface area is 156 Å². The predicted molar refractivity (Wildman–Crippen MR) is 98.1 cm³/mol. The third-order valence-electron chi connectivity index (χ3n) is 3.61. The summed E-state index contributed by atoms with van der Waals surface area (Å²) in [5.41, 5.74) is 0.999. The van der Waals surface area contributed by atoms with E-state index >= 15 is 0 Å². The molecule has 0 aliphatic heterocycles. The zero-order valence-corrected chi connectivity index (χ0v) is 15.8. The van der Waals surface area contributed by atoms with Crippen molar-refractivity contribution in [1.29, 1.82) is 0 Å². The molecule has 1 aromatic carbocycles. The molecule has 0 radical (unpaired) electrons. The van der Waals surface area contributed by atoms with E-state index in [1.165, 1.54) is 7.11 Å². The second-order valence-corrected chi connectivity index (χ2v) is 6.47. The first-order valence-corrected chi connectivity index (χ1v) is 9.46. The van der Waals surface area contributed by atoms with Gasteiger partial charge in [0.25, 0.3) is 0 Å². The lowest BCUT2D eigenvalue weighted by molar-refractivity contribution is 0.0592. The van der Waals surface area contributed by atoms with E-state index in [4.69, 9.17) is 9.15 Å². The van der Waals surface area contributed by atoms with E-state index < -0.39 is 18.1 Å². The Balaban J connectivity index is 2.04. The van der Waals surface area contributed by atoms with Gasteiger partial charge >= 0.3 is 12.1 Å². The quantitative estimate of drug-likeness (QED) is 0.703. The van der Waals surface area contributed by atoms with E-state index in [1.807, 2.05) is 36.6 Å². The minimum absolute atomic E-state index is 0.108. The fraction of sp³-hybridized carbons (Fsp3) is 0.389. The predicted octanol–water partition coefficient (Wildman–Crippen LogP) is 3.49. The Bertz CT molecular complexity index is 732. The normalized spacial score (nSPS) is 11.7. The van der Waals surface area contributed by atoms with Crippen molar-refractivity contribution in [3.05, 3.63) is 53.2 Å². The molecule has 2 aromatic rings. The van der Waals surface area contributed by atoms with Gasteiger partial charge in [0.1, 0.15) is 18.4 Å². The number of thioether (sulfide) groups is 1. The molecule has 0 saturated carbocycles. The number of amides is 1. The molecule has 0 saturated heterocycles. The minimum atomic E-state index is -0.576. The number of oxazole rings is 1. The molecule has 7 nitrogen and oxygen atoms in total. The number of hydrogen-bond acceptors (Lipinski definition) is 7. The highest BCUT2D eigenvalue weighted by Crippen LogP contribution is 2.22. The van der Waals surface area contributed by atoms with E-state index in [1.54, 1.807) is 18.7 Å². The van der Waals surface area contributed by atoms with Crippen LogP contribution in [0.5, 0.6) is 0 Å². The van der Waals surface area contributed by atoms with Crippen LogP contribution >= 0.6 is 11.8 Å². The van der Waals surface area contributed by atoms with Crippen molar-refractivity contribution >= 4 is 23.8 Å². The second-order valence-electron chi connectivity index (χ2n) is 5.49. The maximum absolute atomic E-state index is 12.1. The van der Waals surface area contributed by atoms with Crippen LogP contribution in [0.1, 0.15) is 40.2 Å². The summed E-state index contributed by atoms with van der Waals surface area (Å²) < 4.78 is 15.5. The monoisotopic (exact) mass is 378 g/mol. The van der Waals surface area contributed by atoms with Crippen molar-refractivity contribution < 1.29 is 23.5 Å². The Hall–Kier alpha value is -2.48. The van der Waals surface area contributed by atoms with Crippen molar-refractivity contribution in [2.24, 2.45) is 0 Å². The Morgan fingerprint density at radius 1 is 1.31 bits per heavy atom. The average molecular weight is 378 g/mol. The molecule has 0 unspecified atom stereocenters. The highest BCUT2D eigenvalue weighted by atomic mass is 32.2. The highest BCUT2D eigenvalue weighted by Gasteiger charge is 2.25. The first-order chi connectivity index (χ1) is 12.5. The number of ether oxygens (including phenoxy) is 2. The van der Waals surface area contributed by atoms with Gasteiger partial charge in [0.05, 0.1) is 7.11 Å². The van der Waals surface area contributed by atoms with Crippen LogP contribution < -0.4 is 5.32 Å². The van der Waals surface area contributed by atoms with Gasteiger partial charge in [-0.1, -0.05) is 30.3 Å². The number of carbonyl (C=O) groups is 2. The third kappa shape index (κ3) is 5.52. The van der Waals surface area contributed by atoms with Crippen LogP contribution in [0.15, 0.2) is 34.7 Å². The average Bonchev–Trinajstić information content (AvgIpc) is 3.05. The van der Waals surface area contributed by atoms with Crippen LogP contribution in [-0.4, -0.2) is 36.2 Å². The summed E-state index contributed by atoms with van der Waals surface area (Å²) in [6.07, 6.45) is 1.98. The van der Waals surface area contributed by atoms with Crippen molar-refractivity contribution in [1.82, 2.24) is 10.3 Å². The lowest BCUT2D eigenvalue weighted by Gasteiger charge is -2.15. The van der Waals surface area contributed by atoms with Gasteiger partial charge < -0.3 is 19.2 Å². The Morgan fingerprint density at radius 3 is 2.69 bits per heavy atom. The number of alkyl carbamates (subject to hydrolysis) is 1. The number of carbonyl (C=O) groups excluding carboxylic acids is 2. The molecule has 2 rings (SSSR count). The maximum Gasteiger partial charge on any atom is 0.408 e. The van der Waals surface area contributed by atoms with Gasteiger partial charge in [-0.15, -0.1) is 0 Å². The first-order valence-electron chi connectivity index (χ1n) is 8.07. The van der Waals surface area contributed by atoms with Gasteiger partial charge in [-0.25, -0.2) is 14.6 Å². The number of rotatable bonds is 8. The van der Waals surface area contributed by atoms with Crippen LogP contribution in [0.3, 0.4) is 0 Å². The summed E-state index contributed by atoms with van der Waals surface area (Å²) >= 11 is 1.63. The Morgan fingerprint density at radius 2 is 2.04 bits per heavy atom. The van der Waals surface area contributed by atoms with Gasteiger partial charge in [-0.3, -0.25) is 0 Å². The van der Waals surface area contributed by atoms with Crippen molar-refractivity contribution in [3.8, 4) is 0 Å². The largest absolute Gasteiger partial charge is 0.464 e.